The molecule has 1 atom stereocenters. The molecular formula is C15H24N2O2S. The molecule has 0 bridgehead atoms. The van der Waals surface area contributed by atoms with Gasteiger partial charge in [-0.1, -0.05) is 30.3 Å². The number of rotatable bonds is 6. The summed E-state index contributed by atoms with van der Waals surface area (Å²) >= 11 is 1.75. The van der Waals surface area contributed by atoms with Crippen LogP contribution in [0.25, 0.3) is 0 Å². The lowest BCUT2D eigenvalue weighted by Crippen LogP contribution is -2.44. The quantitative estimate of drug-likeness (QED) is 0.847. The molecular weight excluding hydrogens is 272 g/mol. The predicted molar refractivity (Wildman–Crippen MR) is 84.8 cm³/mol. The number of carbonyl (C=O) groups excluding carboxylic acids is 1. The number of alkyl carbamates (subject to hydrolysis) is 1. The first-order valence-corrected chi connectivity index (χ1v) is 7.87. The Hall–Kier alpha value is -1.20. The summed E-state index contributed by atoms with van der Waals surface area (Å²) in [6.07, 6.45) is -0.409. The molecule has 1 aromatic rings. The van der Waals surface area contributed by atoms with Gasteiger partial charge in [0.25, 0.3) is 0 Å². The molecule has 5 heteroatoms. The van der Waals surface area contributed by atoms with E-state index in [-0.39, 0.29) is 6.04 Å². The number of ether oxygens (including phenoxy) is 1. The summed E-state index contributed by atoms with van der Waals surface area (Å²) in [4.78, 5) is 11.7. The van der Waals surface area contributed by atoms with E-state index in [0.29, 0.717) is 6.54 Å². The summed E-state index contributed by atoms with van der Waals surface area (Å²) in [5.41, 5.74) is 6.46. The van der Waals surface area contributed by atoms with Gasteiger partial charge < -0.3 is 15.8 Å². The fourth-order valence-electron chi connectivity index (χ4n) is 1.54. The van der Waals surface area contributed by atoms with Crippen LogP contribution in [0.15, 0.2) is 30.3 Å². The van der Waals surface area contributed by atoms with Crippen molar-refractivity contribution in [3.63, 3.8) is 0 Å². The molecule has 0 aliphatic heterocycles. The molecule has 0 aliphatic rings. The monoisotopic (exact) mass is 296 g/mol. The minimum Gasteiger partial charge on any atom is -0.444 e. The Balaban J connectivity index is 2.31. The van der Waals surface area contributed by atoms with E-state index in [2.05, 4.69) is 17.4 Å². The first-order chi connectivity index (χ1) is 9.40. The summed E-state index contributed by atoms with van der Waals surface area (Å²) in [7, 11) is 0. The number of benzene rings is 1. The van der Waals surface area contributed by atoms with Crippen LogP contribution in [0.2, 0.25) is 0 Å². The number of hydrogen-bond acceptors (Lipinski definition) is 4. The van der Waals surface area contributed by atoms with Crippen molar-refractivity contribution in [3.8, 4) is 0 Å². The topological polar surface area (TPSA) is 64.3 Å². The highest BCUT2D eigenvalue weighted by atomic mass is 32.2. The lowest BCUT2D eigenvalue weighted by atomic mass is 10.2. The summed E-state index contributed by atoms with van der Waals surface area (Å²) in [5.74, 6) is 1.68. The molecule has 0 fully saturated rings. The molecule has 4 nitrogen and oxygen atoms in total. The van der Waals surface area contributed by atoms with Crippen LogP contribution in [0.5, 0.6) is 0 Å². The second-order valence-electron chi connectivity index (χ2n) is 5.58. The maximum absolute atomic E-state index is 11.7. The maximum atomic E-state index is 11.7. The molecule has 1 amide bonds. The SMILES string of the molecule is CC(C)(C)OC(=O)N[C@H](CN)CSCc1ccccc1. The molecule has 0 unspecified atom stereocenters. The fourth-order valence-corrected chi connectivity index (χ4v) is 2.59. The smallest absolute Gasteiger partial charge is 0.407 e. The van der Waals surface area contributed by atoms with E-state index >= 15 is 0 Å². The van der Waals surface area contributed by atoms with Crippen LogP contribution in [-0.2, 0) is 10.5 Å². The van der Waals surface area contributed by atoms with Crippen molar-refractivity contribution in [2.24, 2.45) is 5.73 Å². The van der Waals surface area contributed by atoms with Crippen LogP contribution in [-0.4, -0.2) is 30.0 Å². The van der Waals surface area contributed by atoms with Gasteiger partial charge in [0.1, 0.15) is 5.60 Å². The number of thioether (sulfide) groups is 1. The van der Waals surface area contributed by atoms with E-state index in [1.807, 2.05) is 39.0 Å². The summed E-state index contributed by atoms with van der Waals surface area (Å²) in [6.45, 7) is 5.93. The minimum atomic E-state index is -0.486. The van der Waals surface area contributed by atoms with Crippen molar-refractivity contribution in [2.75, 3.05) is 12.3 Å². The zero-order chi connectivity index (χ0) is 15.0. The van der Waals surface area contributed by atoms with Crippen LogP contribution in [0, 0.1) is 0 Å². The lowest BCUT2D eigenvalue weighted by Gasteiger charge is -2.22. The van der Waals surface area contributed by atoms with Gasteiger partial charge in [-0.15, -0.1) is 0 Å². The Morgan fingerprint density at radius 1 is 1.35 bits per heavy atom. The second-order valence-corrected chi connectivity index (χ2v) is 6.61. The van der Waals surface area contributed by atoms with Crippen molar-refractivity contribution in [1.82, 2.24) is 5.32 Å². The zero-order valence-corrected chi connectivity index (χ0v) is 13.2. The third kappa shape index (κ3) is 7.40. The average molecular weight is 296 g/mol. The van der Waals surface area contributed by atoms with Gasteiger partial charge in [-0.25, -0.2) is 4.79 Å². The molecule has 0 spiro atoms. The van der Waals surface area contributed by atoms with Crippen molar-refractivity contribution in [1.29, 1.82) is 0 Å². The molecule has 0 radical (unpaired) electrons. The van der Waals surface area contributed by atoms with Gasteiger partial charge in [-0.05, 0) is 26.3 Å². The first-order valence-electron chi connectivity index (χ1n) is 6.72. The van der Waals surface area contributed by atoms with E-state index in [1.54, 1.807) is 11.8 Å². The molecule has 0 aliphatic carbocycles. The van der Waals surface area contributed by atoms with Crippen LogP contribution in [0.1, 0.15) is 26.3 Å². The zero-order valence-electron chi connectivity index (χ0n) is 12.4. The predicted octanol–water partition coefficient (Wildman–Crippen LogP) is 2.77. The number of nitrogens with one attached hydrogen (secondary N) is 1. The Morgan fingerprint density at radius 2 is 2.00 bits per heavy atom. The third-order valence-electron chi connectivity index (χ3n) is 2.44. The van der Waals surface area contributed by atoms with Gasteiger partial charge in [0.2, 0.25) is 0 Å². The largest absolute Gasteiger partial charge is 0.444 e. The van der Waals surface area contributed by atoms with E-state index in [1.165, 1.54) is 5.56 Å². The van der Waals surface area contributed by atoms with Crippen LogP contribution < -0.4 is 11.1 Å². The Morgan fingerprint density at radius 3 is 2.55 bits per heavy atom. The fraction of sp³-hybridized carbons (Fsp3) is 0.533. The second kappa shape index (κ2) is 8.17. The normalized spacial score (nSPS) is 12.8. The van der Waals surface area contributed by atoms with Gasteiger partial charge >= 0.3 is 6.09 Å². The standard InChI is InChI=1S/C15H24N2O2S/c1-15(2,3)19-14(18)17-13(9-16)11-20-10-12-7-5-4-6-8-12/h4-8,13H,9-11,16H2,1-3H3,(H,17,18)/t13-/m1/s1. The average Bonchev–Trinajstić information content (AvgIpc) is 2.36. The van der Waals surface area contributed by atoms with Crippen molar-refractivity contribution in [3.05, 3.63) is 35.9 Å². The Bertz CT molecular complexity index is 404. The Kier molecular flexibility index (Phi) is 6.88. The molecule has 0 saturated heterocycles. The summed E-state index contributed by atoms with van der Waals surface area (Å²) in [5, 5.41) is 2.80. The molecule has 1 rings (SSSR count). The van der Waals surface area contributed by atoms with Gasteiger partial charge in [-0.3, -0.25) is 0 Å². The molecule has 1 aromatic carbocycles. The highest BCUT2D eigenvalue weighted by Crippen LogP contribution is 2.13. The molecule has 112 valence electrons. The minimum absolute atomic E-state index is 0.0708. The van der Waals surface area contributed by atoms with E-state index in [0.717, 1.165) is 11.5 Å². The molecule has 20 heavy (non-hydrogen) atoms. The highest BCUT2D eigenvalue weighted by molar-refractivity contribution is 7.98. The van der Waals surface area contributed by atoms with E-state index < -0.39 is 11.7 Å². The number of amides is 1. The molecule has 0 aromatic heterocycles. The van der Waals surface area contributed by atoms with Crippen LogP contribution in [0.4, 0.5) is 4.79 Å². The van der Waals surface area contributed by atoms with Crippen molar-refractivity contribution in [2.45, 2.75) is 38.2 Å². The van der Waals surface area contributed by atoms with Crippen molar-refractivity contribution < 1.29 is 9.53 Å². The number of hydrogen-bond donors (Lipinski definition) is 2. The van der Waals surface area contributed by atoms with Gasteiger partial charge in [0, 0.05) is 18.1 Å². The van der Waals surface area contributed by atoms with Crippen LogP contribution >= 0.6 is 11.8 Å². The third-order valence-corrected chi connectivity index (χ3v) is 3.61. The van der Waals surface area contributed by atoms with Crippen molar-refractivity contribution >= 4 is 17.9 Å². The van der Waals surface area contributed by atoms with E-state index in [4.69, 9.17) is 10.5 Å². The highest BCUT2D eigenvalue weighted by Gasteiger charge is 2.18. The van der Waals surface area contributed by atoms with Gasteiger partial charge in [-0.2, -0.15) is 11.8 Å². The van der Waals surface area contributed by atoms with E-state index in [9.17, 15) is 4.79 Å². The molecule has 0 saturated carbocycles. The number of nitrogens with two attached hydrogens (primary N) is 1. The lowest BCUT2D eigenvalue weighted by molar-refractivity contribution is 0.0511. The van der Waals surface area contributed by atoms with Gasteiger partial charge in [0.05, 0.1) is 6.04 Å². The van der Waals surface area contributed by atoms with Gasteiger partial charge in [0.15, 0.2) is 0 Å². The Labute approximate surface area is 125 Å². The molecule has 3 N–H and O–H groups in total. The maximum Gasteiger partial charge on any atom is 0.407 e. The van der Waals surface area contributed by atoms with Crippen LogP contribution in [0.3, 0.4) is 0 Å². The summed E-state index contributed by atoms with van der Waals surface area (Å²) in [6, 6.07) is 10.2. The summed E-state index contributed by atoms with van der Waals surface area (Å²) < 4.78 is 5.22. The number of carbonyl (C=O) groups is 1. The molecule has 0 heterocycles. The first kappa shape index (κ1) is 16.9.